The summed E-state index contributed by atoms with van der Waals surface area (Å²) >= 11 is 0. The molecule has 7 nitrogen and oxygen atoms in total. The molecule has 1 N–H and O–H groups in total. The lowest BCUT2D eigenvalue weighted by atomic mass is 10.2. The minimum Gasteiger partial charge on any atom is -0.318 e. The molecule has 0 bridgehead atoms. The first-order chi connectivity index (χ1) is 15.1. The van der Waals surface area contributed by atoms with E-state index in [1.165, 1.54) is 0 Å². The lowest BCUT2D eigenvalue weighted by Gasteiger charge is -2.23. The summed E-state index contributed by atoms with van der Waals surface area (Å²) in [5.74, 6) is -0.525. The molecule has 3 rings (SSSR count). The predicted molar refractivity (Wildman–Crippen MR) is 129 cm³/mol. The molecule has 0 fully saturated rings. The van der Waals surface area contributed by atoms with Gasteiger partial charge in [-0.1, -0.05) is 36.4 Å². The highest BCUT2D eigenvalue weighted by atomic mass is 32.2. The summed E-state index contributed by atoms with van der Waals surface area (Å²) in [7, 11) is -3.64. The maximum absolute atomic E-state index is 12.5. The molecule has 168 valence electrons. The van der Waals surface area contributed by atoms with Gasteiger partial charge in [0, 0.05) is 22.6 Å². The number of anilines is 1. The molecular formula is C24H28N4O3S. The van der Waals surface area contributed by atoms with Crippen molar-refractivity contribution in [1.29, 1.82) is 0 Å². The summed E-state index contributed by atoms with van der Waals surface area (Å²) in [4.78, 5) is 12.5. The van der Waals surface area contributed by atoms with Crippen LogP contribution in [0.3, 0.4) is 0 Å². The smallest absolute Gasteiger partial charge is 0.260 e. The third-order valence-corrected chi connectivity index (χ3v) is 6.42. The molecule has 0 spiro atoms. The number of sulfonamides is 1. The van der Waals surface area contributed by atoms with Crippen molar-refractivity contribution in [3.8, 4) is 5.69 Å². The van der Waals surface area contributed by atoms with Crippen LogP contribution in [0.25, 0.3) is 5.69 Å². The van der Waals surface area contributed by atoms with E-state index in [9.17, 15) is 13.2 Å². The number of hydrogen-bond donors (Lipinski definition) is 1. The van der Waals surface area contributed by atoms with Crippen LogP contribution in [0.5, 0.6) is 0 Å². The van der Waals surface area contributed by atoms with Gasteiger partial charge in [0.05, 0.1) is 18.2 Å². The molecule has 8 heteroatoms. The van der Waals surface area contributed by atoms with Crippen LogP contribution in [0.15, 0.2) is 59.7 Å². The first kappa shape index (κ1) is 23.3. The first-order valence-electron chi connectivity index (χ1n) is 10.2. The fraction of sp³-hybridized carbons (Fsp3) is 0.250. The monoisotopic (exact) mass is 452 g/mol. The molecule has 32 heavy (non-hydrogen) atoms. The quantitative estimate of drug-likeness (QED) is 0.439. The Balaban J connectivity index is 1.76. The summed E-state index contributed by atoms with van der Waals surface area (Å²) in [5, 5.41) is 4.06. The van der Waals surface area contributed by atoms with Gasteiger partial charge in [-0.15, -0.1) is 0 Å². The summed E-state index contributed by atoms with van der Waals surface area (Å²) in [6.07, 6.45) is 2.66. The van der Waals surface area contributed by atoms with Crippen LogP contribution in [0.1, 0.15) is 28.1 Å². The third kappa shape index (κ3) is 5.08. The third-order valence-electron chi connectivity index (χ3n) is 5.29. The zero-order valence-electron chi connectivity index (χ0n) is 19.0. The lowest BCUT2D eigenvalue weighted by molar-refractivity contribution is -0.119. The Kier molecular flexibility index (Phi) is 6.84. The van der Waals surface area contributed by atoms with Crippen molar-refractivity contribution in [3.05, 3.63) is 82.7 Å². The predicted octanol–water partition coefficient (Wildman–Crippen LogP) is 3.63. The Morgan fingerprint density at radius 1 is 1.03 bits per heavy atom. The number of amides is 1. The summed E-state index contributed by atoms with van der Waals surface area (Å²) in [6.45, 7) is 7.51. The SMILES string of the molecule is Cc1ccccc1N(CC(=O)NN=Cc1cc(C)n(-c2ccccc2C)c1C)S(C)(=O)=O. The van der Waals surface area contributed by atoms with Gasteiger partial charge >= 0.3 is 0 Å². The number of nitrogens with zero attached hydrogens (tertiary/aromatic N) is 3. The number of hydrogen-bond acceptors (Lipinski definition) is 4. The van der Waals surface area contributed by atoms with Crippen LogP contribution < -0.4 is 9.73 Å². The number of para-hydroxylation sites is 2. The summed E-state index contributed by atoms with van der Waals surface area (Å²) < 4.78 is 27.8. The highest BCUT2D eigenvalue weighted by molar-refractivity contribution is 7.92. The van der Waals surface area contributed by atoms with E-state index in [2.05, 4.69) is 34.2 Å². The van der Waals surface area contributed by atoms with E-state index in [1.807, 2.05) is 38.1 Å². The average molecular weight is 453 g/mol. The van der Waals surface area contributed by atoms with Crippen molar-refractivity contribution in [2.45, 2.75) is 27.7 Å². The van der Waals surface area contributed by atoms with Gasteiger partial charge in [-0.05, 0) is 57.0 Å². The van der Waals surface area contributed by atoms with Crippen LogP contribution in [-0.4, -0.2) is 37.9 Å². The van der Waals surface area contributed by atoms with E-state index in [0.29, 0.717) is 5.69 Å². The Morgan fingerprint density at radius 3 is 2.28 bits per heavy atom. The Labute approximate surface area is 189 Å². The Hall–Kier alpha value is -3.39. The number of rotatable bonds is 7. The molecule has 1 heterocycles. The second kappa shape index (κ2) is 9.40. The summed E-state index contributed by atoms with van der Waals surface area (Å²) in [6, 6.07) is 17.1. The Bertz CT molecular complexity index is 1280. The van der Waals surface area contributed by atoms with E-state index in [0.717, 1.165) is 44.3 Å². The zero-order chi connectivity index (χ0) is 23.5. The van der Waals surface area contributed by atoms with Gasteiger partial charge in [-0.2, -0.15) is 5.10 Å². The zero-order valence-corrected chi connectivity index (χ0v) is 19.8. The fourth-order valence-electron chi connectivity index (χ4n) is 3.67. The van der Waals surface area contributed by atoms with E-state index in [4.69, 9.17) is 0 Å². The minimum atomic E-state index is -3.64. The number of benzene rings is 2. The Morgan fingerprint density at radius 2 is 1.66 bits per heavy atom. The first-order valence-corrected chi connectivity index (χ1v) is 12.0. The van der Waals surface area contributed by atoms with Gasteiger partial charge in [0.25, 0.3) is 5.91 Å². The summed E-state index contributed by atoms with van der Waals surface area (Å²) in [5.41, 5.74) is 8.83. The lowest BCUT2D eigenvalue weighted by Crippen LogP contribution is -2.39. The van der Waals surface area contributed by atoms with Crippen molar-refractivity contribution >= 4 is 27.8 Å². The number of aryl methyl sites for hydroxylation is 3. The largest absolute Gasteiger partial charge is 0.318 e. The van der Waals surface area contributed by atoms with Gasteiger partial charge in [0.15, 0.2) is 0 Å². The van der Waals surface area contributed by atoms with Crippen LogP contribution in [0, 0.1) is 27.7 Å². The molecule has 1 aromatic heterocycles. The van der Waals surface area contributed by atoms with Crippen LogP contribution in [0.4, 0.5) is 5.69 Å². The normalized spacial score (nSPS) is 11.7. The molecule has 0 aliphatic rings. The number of aromatic nitrogens is 1. The van der Waals surface area contributed by atoms with Crippen LogP contribution in [0.2, 0.25) is 0 Å². The molecule has 3 aromatic rings. The van der Waals surface area contributed by atoms with Gasteiger partial charge in [0.2, 0.25) is 10.0 Å². The number of hydrazone groups is 1. The van der Waals surface area contributed by atoms with Crippen molar-refractivity contribution in [2.24, 2.45) is 5.10 Å². The highest BCUT2D eigenvalue weighted by Gasteiger charge is 2.22. The van der Waals surface area contributed by atoms with Crippen molar-refractivity contribution in [3.63, 3.8) is 0 Å². The minimum absolute atomic E-state index is 0.358. The van der Waals surface area contributed by atoms with E-state index < -0.39 is 15.9 Å². The number of carbonyl (C=O) groups excluding carboxylic acids is 1. The van der Waals surface area contributed by atoms with Gasteiger partial charge in [-0.3, -0.25) is 9.10 Å². The second-order valence-corrected chi connectivity index (χ2v) is 9.70. The topological polar surface area (TPSA) is 83.8 Å². The molecule has 2 aromatic carbocycles. The second-order valence-electron chi connectivity index (χ2n) is 7.80. The van der Waals surface area contributed by atoms with Crippen molar-refractivity contribution in [2.75, 3.05) is 17.1 Å². The van der Waals surface area contributed by atoms with Gasteiger partial charge in [0.1, 0.15) is 6.54 Å². The molecule has 0 aliphatic heterocycles. The molecule has 0 radical (unpaired) electrons. The maximum atomic E-state index is 12.5. The molecule has 0 aliphatic carbocycles. The fourth-order valence-corrected chi connectivity index (χ4v) is 4.58. The molecule has 0 saturated heterocycles. The van der Waals surface area contributed by atoms with E-state index >= 15 is 0 Å². The van der Waals surface area contributed by atoms with Gasteiger partial charge in [-0.25, -0.2) is 13.8 Å². The maximum Gasteiger partial charge on any atom is 0.260 e. The van der Waals surface area contributed by atoms with Crippen LogP contribution >= 0.6 is 0 Å². The highest BCUT2D eigenvalue weighted by Crippen LogP contribution is 2.23. The number of carbonyl (C=O) groups is 1. The van der Waals surface area contributed by atoms with E-state index in [1.54, 1.807) is 31.3 Å². The van der Waals surface area contributed by atoms with Gasteiger partial charge < -0.3 is 4.57 Å². The van der Waals surface area contributed by atoms with Crippen LogP contribution in [-0.2, 0) is 14.8 Å². The van der Waals surface area contributed by atoms with E-state index in [-0.39, 0.29) is 6.54 Å². The molecular weight excluding hydrogens is 424 g/mol. The molecule has 0 saturated carbocycles. The standard InChI is InChI=1S/C24H28N4O3S/c1-17-10-6-8-12-22(17)27(32(5,30)31)16-24(29)26-25-15-21-14-19(3)28(20(21)4)23-13-9-7-11-18(23)2/h6-15H,16H2,1-5H3,(H,26,29). The van der Waals surface area contributed by atoms with Crippen molar-refractivity contribution in [1.82, 2.24) is 9.99 Å². The van der Waals surface area contributed by atoms with Crippen molar-refractivity contribution < 1.29 is 13.2 Å². The number of nitrogens with one attached hydrogen (secondary N) is 1. The molecule has 1 amide bonds. The average Bonchev–Trinajstić information content (AvgIpc) is 3.00. The molecule has 0 unspecified atom stereocenters. The molecule has 0 atom stereocenters.